The summed E-state index contributed by atoms with van der Waals surface area (Å²) in [7, 11) is 5.98. The van der Waals surface area contributed by atoms with Gasteiger partial charge in [-0.15, -0.1) is 0 Å². The Balaban J connectivity index is 3.28. The van der Waals surface area contributed by atoms with Gasteiger partial charge in [0.15, 0.2) is 0 Å². The van der Waals surface area contributed by atoms with E-state index >= 15 is 0 Å². The van der Waals surface area contributed by atoms with Crippen molar-refractivity contribution in [1.29, 1.82) is 0 Å². The SMILES string of the molecule is COP(O)OCC[N+](C)(C)C. The number of nitrogens with zero attached hydrogens (tertiary/aromatic N) is 1. The topological polar surface area (TPSA) is 38.7 Å². The van der Waals surface area contributed by atoms with E-state index in [-0.39, 0.29) is 0 Å². The fraction of sp³-hybridized carbons (Fsp3) is 1.00. The maximum Gasteiger partial charge on any atom is 0.329 e. The molecule has 1 unspecified atom stereocenters. The number of hydrogen-bond donors (Lipinski definition) is 1. The third-order valence-corrected chi connectivity index (χ3v) is 1.84. The third kappa shape index (κ3) is 8.17. The van der Waals surface area contributed by atoms with Crippen LogP contribution < -0.4 is 0 Å². The van der Waals surface area contributed by atoms with Crippen molar-refractivity contribution in [3.05, 3.63) is 0 Å². The molecule has 0 aliphatic heterocycles. The van der Waals surface area contributed by atoms with Crippen LogP contribution in [0.2, 0.25) is 0 Å². The van der Waals surface area contributed by atoms with Gasteiger partial charge in [-0.1, -0.05) is 0 Å². The van der Waals surface area contributed by atoms with Gasteiger partial charge in [-0.2, -0.15) is 0 Å². The van der Waals surface area contributed by atoms with Crippen LogP contribution in [0.25, 0.3) is 0 Å². The minimum Gasteiger partial charge on any atom is -0.329 e. The molecule has 0 saturated heterocycles. The maximum atomic E-state index is 8.87. The summed E-state index contributed by atoms with van der Waals surface area (Å²) in [6.07, 6.45) is 0. The molecule has 0 amide bonds. The van der Waals surface area contributed by atoms with Crippen molar-refractivity contribution in [3.8, 4) is 0 Å². The first kappa shape index (κ1) is 11.3. The molecule has 0 rings (SSSR count). The number of quaternary nitrogens is 1. The van der Waals surface area contributed by atoms with Gasteiger partial charge in [0.05, 0.1) is 21.1 Å². The molecule has 0 radical (unpaired) electrons. The molecule has 0 fully saturated rings. The molecule has 0 spiro atoms. The van der Waals surface area contributed by atoms with Crippen LogP contribution in [0.3, 0.4) is 0 Å². The highest BCUT2D eigenvalue weighted by Gasteiger charge is 2.09. The zero-order valence-electron chi connectivity index (χ0n) is 7.57. The van der Waals surface area contributed by atoms with Gasteiger partial charge in [-0.3, -0.25) is 0 Å². The van der Waals surface area contributed by atoms with Gasteiger partial charge in [0.25, 0.3) is 0 Å². The van der Waals surface area contributed by atoms with Crippen molar-refractivity contribution in [2.75, 3.05) is 41.4 Å². The molecule has 1 N–H and O–H groups in total. The van der Waals surface area contributed by atoms with Gasteiger partial charge >= 0.3 is 8.60 Å². The zero-order chi connectivity index (χ0) is 8.91. The first-order valence-electron chi connectivity index (χ1n) is 3.42. The van der Waals surface area contributed by atoms with E-state index in [9.17, 15) is 0 Å². The lowest BCUT2D eigenvalue weighted by molar-refractivity contribution is -0.870. The van der Waals surface area contributed by atoms with Crippen molar-refractivity contribution in [1.82, 2.24) is 0 Å². The van der Waals surface area contributed by atoms with Crippen LogP contribution in [-0.2, 0) is 9.05 Å². The Kier molecular flexibility index (Phi) is 5.13. The van der Waals surface area contributed by atoms with Crippen molar-refractivity contribution >= 4 is 8.60 Å². The van der Waals surface area contributed by atoms with E-state index in [0.29, 0.717) is 6.61 Å². The van der Waals surface area contributed by atoms with Gasteiger partial charge < -0.3 is 18.4 Å². The minimum atomic E-state index is -1.64. The molecule has 0 aromatic rings. The van der Waals surface area contributed by atoms with E-state index in [0.717, 1.165) is 11.0 Å². The molecule has 0 aromatic carbocycles. The van der Waals surface area contributed by atoms with Crippen LogP contribution >= 0.6 is 8.60 Å². The molecule has 0 aliphatic rings. The Bertz CT molecular complexity index is 104. The molecule has 5 heteroatoms. The maximum absolute atomic E-state index is 8.87. The van der Waals surface area contributed by atoms with E-state index in [1.54, 1.807) is 0 Å². The summed E-state index contributed by atoms with van der Waals surface area (Å²) in [5.74, 6) is 0. The molecular formula is C6H17NO3P+. The average molecular weight is 182 g/mol. The summed E-state index contributed by atoms with van der Waals surface area (Å²) in [5, 5.41) is 0. The Morgan fingerprint density at radius 1 is 1.36 bits per heavy atom. The second-order valence-electron chi connectivity index (χ2n) is 3.27. The predicted octanol–water partition coefficient (Wildman–Crippen LogP) is 0.575. The van der Waals surface area contributed by atoms with Crippen molar-refractivity contribution in [2.24, 2.45) is 0 Å². The summed E-state index contributed by atoms with van der Waals surface area (Å²) < 4.78 is 10.3. The first-order chi connectivity index (χ1) is 4.95. The second kappa shape index (κ2) is 5.01. The van der Waals surface area contributed by atoms with Crippen molar-refractivity contribution < 1.29 is 18.4 Å². The molecule has 0 aromatic heterocycles. The van der Waals surface area contributed by atoms with E-state index in [4.69, 9.17) is 9.42 Å². The van der Waals surface area contributed by atoms with E-state index in [1.807, 2.05) is 0 Å². The van der Waals surface area contributed by atoms with Crippen LogP contribution in [0.15, 0.2) is 0 Å². The summed E-state index contributed by atoms with van der Waals surface area (Å²) in [6, 6.07) is 0. The second-order valence-corrected chi connectivity index (χ2v) is 4.37. The van der Waals surface area contributed by atoms with Crippen LogP contribution in [0.4, 0.5) is 0 Å². The molecule has 11 heavy (non-hydrogen) atoms. The Hall–Kier alpha value is 0.270. The highest BCUT2D eigenvalue weighted by atomic mass is 31.2. The van der Waals surface area contributed by atoms with Gasteiger partial charge in [0, 0.05) is 7.11 Å². The summed E-state index contributed by atoms with van der Waals surface area (Å²) in [4.78, 5) is 8.87. The number of rotatable bonds is 5. The van der Waals surface area contributed by atoms with Crippen LogP contribution in [0.1, 0.15) is 0 Å². The smallest absolute Gasteiger partial charge is 0.329 e. The van der Waals surface area contributed by atoms with E-state index in [1.165, 1.54) is 7.11 Å². The first-order valence-corrected chi connectivity index (χ1v) is 4.55. The lowest BCUT2D eigenvalue weighted by Gasteiger charge is -2.23. The Morgan fingerprint density at radius 3 is 2.27 bits per heavy atom. The fourth-order valence-corrected chi connectivity index (χ4v) is 0.789. The fourth-order valence-electron chi connectivity index (χ4n) is 0.445. The molecule has 4 nitrogen and oxygen atoms in total. The Morgan fingerprint density at radius 2 is 1.91 bits per heavy atom. The molecule has 0 saturated carbocycles. The quantitative estimate of drug-likeness (QED) is 0.499. The third-order valence-electron chi connectivity index (χ3n) is 1.12. The Labute approximate surface area is 69.3 Å². The molecule has 0 bridgehead atoms. The van der Waals surface area contributed by atoms with E-state index in [2.05, 4.69) is 25.7 Å². The van der Waals surface area contributed by atoms with Gasteiger partial charge in [-0.05, 0) is 0 Å². The van der Waals surface area contributed by atoms with Gasteiger partial charge in [0.2, 0.25) is 0 Å². The zero-order valence-corrected chi connectivity index (χ0v) is 8.47. The monoisotopic (exact) mass is 182 g/mol. The highest BCUT2D eigenvalue weighted by Crippen LogP contribution is 2.30. The predicted molar refractivity (Wildman–Crippen MR) is 45.0 cm³/mol. The summed E-state index contributed by atoms with van der Waals surface area (Å²) in [5.41, 5.74) is 0. The number of hydrogen-bond acceptors (Lipinski definition) is 3. The van der Waals surface area contributed by atoms with Crippen molar-refractivity contribution in [2.45, 2.75) is 0 Å². The van der Waals surface area contributed by atoms with E-state index < -0.39 is 8.60 Å². The summed E-state index contributed by atoms with van der Waals surface area (Å²) in [6.45, 7) is 1.39. The van der Waals surface area contributed by atoms with Crippen molar-refractivity contribution in [3.63, 3.8) is 0 Å². The molecule has 68 valence electrons. The molecule has 1 atom stereocenters. The number of likely N-dealkylation sites (N-methyl/N-ethyl adjacent to an activating group) is 1. The minimum absolute atomic E-state index is 0.527. The summed E-state index contributed by atoms with van der Waals surface area (Å²) >= 11 is 0. The largest absolute Gasteiger partial charge is 0.329 e. The van der Waals surface area contributed by atoms with Crippen LogP contribution in [-0.4, -0.2) is 50.8 Å². The molecule has 0 heterocycles. The lowest BCUT2D eigenvalue weighted by atomic mass is 10.5. The standard InChI is InChI=1S/C6H17NO3P/c1-7(2,3)5-6-10-11(8)9-4/h8H,5-6H2,1-4H3/q+1. The molecule has 0 aliphatic carbocycles. The van der Waals surface area contributed by atoms with Gasteiger partial charge in [-0.25, -0.2) is 0 Å². The highest BCUT2D eigenvalue weighted by molar-refractivity contribution is 7.40. The van der Waals surface area contributed by atoms with Crippen LogP contribution in [0.5, 0.6) is 0 Å². The van der Waals surface area contributed by atoms with Gasteiger partial charge in [0.1, 0.15) is 13.2 Å². The average Bonchev–Trinajstić information content (AvgIpc) is 1.85. The molecular weight excluding hydrogens is 165 g/mol. The normalized spacial score (nSPS) is 15.0. The van der Waals surface area contributed by atoms with Crippen LogP contribution in [0, 0.1) is 0 Å². The lowest BCUT2D eigenvalue weighted by Crippen LogP contribution is -2.37.